The van der Waals surface area contributed by atoms with Crippen molar-refractivity contribution in [3.8, 4) is 17.3 Å². The number of hydrogen-bond acceptors (Lipinski definition) is 6. The molecule has 8 heteroatoms. The van der Waals surface area contributed by atoms with Crippen LogP contribution in [0.1, 0.15) is 23.1 Å². The molecule has 29 heavy (non-hydrogen) atoms. The number of rotatable bonds is 5. The molecular weight excluding hydrogens is 391 g/mol. The van der Waals surface area contributed by atoms with Gasteiger partial charge in [-0.1, -0.05) is 6.92 Å². The zero-order valence-corrected chi connectivity index (χ0v) is 16.7. The van der Waals surface area contributed by atoms with Crippen LogP contribution in [0.15, 0.2) is 47.1 Å². The maximum absolute atomic E-state index is 13.0. The van der Waals surface area contributed by atoms with Crippen molar-refractivity contribution in [1.29, 1.82) is 0 Å². The van der Waals surface area contributed by atoms with Gasteiger partial charge in [-0.15, -0.1) is 16.4 Å². The number of nitrogens with zero attached hydrogens (tertiary/aromatic N) is 4. The first kappa shape index (κ1) is 17.8. The second-order valence-corrected chi connectivity index (χ2v) is 7.83. The van der Waals surface area contributed by atoms with Gasteiger partial charge in [0.25, 0.3) is 0 Å². The summed E-state index contributed by atoms with van der Waals surface area (Å²) in [6.07, 6.45) is 2.60. The number of aryl methyl sites for hydroxylation is 2. The van der Waals surface area contributed by atoms with E-state index >= 15 is 0 Å². The van der Waals surface area contributed by atoms with E-state index in [1.807, 2.05) is 12.1 Å². The van der Waals surface area contributed by atoms with Crippen molar-refractivity contribution in [2.45, 2.75) is 26.9 Å². The third kappa shape index (κ3) is 3.15. The van der Waals surface area contributed by atoms with Crippen molar-refractivity contribution < 1.29 is 13.5 Å². The molecule has 0 saturated heterocycles. The predicted octanol–water partition coefficient (Wildman–Crippen LogP) is 5.19. The third-order valence-corrected chi connectivity index (χ3v) is 5.82. The van der Waals surface area contributed by atoms with Gasteiger partial charge in [0.2, 0.25) is 5.82 Å². The molecule has 0 N–H and O–H groups in total. The number of aromatic nitrogens is 4. The Morgan fingerprint density at radius 1 is 1.17 bits per heavy atom. The van der Waals surface area contributed by atoms with Gasteiger partial charge in [0, 0.05) is 4.88 Å². The molecule has 5 rings (SSSR count). The fraction of sp³-hybridized carbons (Fsp3) is 0.190. The van der Waals surface area contributed by atoms with E-state index in [-0.39, 0.29) is 12.4 Å². The molecule has 6 nitrogen and oxygen atoms in total. The molecule has 0 unspecified atom stereocenters. The Bertz CT molecular complexity index is 1320. The summed E-state index contributed by atoms with van der Waals surface area (Å²) in [4.78, 5) is 11.5. The zero-order valence-electron chi connectivity index (χ0n) is 15.8. The van der Waals surface area contributed by atoms with E-state index in [0.29, 0.717) is 23.1 Å². The van der Waals surface area contributed by atoms with Crippen LogP contribution in [0.5, 0.6) is 5.75 Å². The first-order chi connectivity index (χ1) is 14.1. The van der Waals surface area contributed by atoms with E-state index in [0.717, 1.165) is 22.3 Å². The van der Waals surface area contributed by atoms with Gasteiger partial charge < -0.3 is 9.15 Å². The lowest BCUT2D eigenvalue weighted by Gasteiger charge is -2.03. The largest absolute Gasteiger partial charge is 0.486 e. The van der Waals surface area contributed by atoms with Gasteiger partial charge in [0.15, 0.2) is 11.4 Å². The van der Waals surface area contributed by atoms with Crippen molar-refractivity contribution in [2.24, 2.45) is 0 Å². The summed E-state index contributed by atoms with van der Waals surface area (Å²) in [6, 6.07) is 9.52. The molecule has 0 aliphatic heterocycles. The molecule has 0 saturated carbocycles. The summed E-state index contributed by atoms with van der Waals surface area (Å²) < 4.78 is 26.2. The minimum atomic E-state index is -0.300. The SMILES string of the molecule is CCc1c(C)sc2ncn3nc(-c4ccc(COc5ccc(F)cc5)o4)nc3c12. The van der Waals surface area contributed by atoms with Crippen molar-refractivity contribution in [1.82, 2.24) is 19.6 Å². The molecule has 0 atom stereocenters. The van der Waals surface area contributed by atoms with Gasteiger partial charge in [0.05, 0.1) is 5.39 Å². The number of furan rings is 1. The monoisotopic (exact) mass is 408 g/mol. The maximum Gasteiger partial charge on any atom is 0.217 e. The number of halogens is 1. The van der Waals surface area contributed by atoms with Crippen LogP contribution in [0.2, 0.25) is 0 Å². The van der Waals surface area contributed by atoms with E-state index in [4.69, 9.17) is 14.1 Å². The van der Waals surface area contributed by atoms with Crippen LogP contribution >= 0.6 is 11.3 Å². The molecule has 5 aromatic rings. The van der Waals surface area contributed by atoms with Gasteiger partial charge in [-0.3, -0.25) is 0 Å². The topological polar surface area (TPSA) is 65.5 Å². The number of fused-ring (bicyclic) bond motifs is 3. The Kier molecular flexibility index (Phi) is 4.28. The van der Waals surface area contributed by atoms with Gasteiger partial charge in [-0.25, -0.2) is 18.9 Å². The van der Waals surface area contributed by atoms with E-state index < -0.39 is 0 Å². The molecule has 1 aromatic carbocycles. The van der Waals surface area contributed by atoms with Crippen LogP contribution in [-0.2, 0) is 13.0 Å². The number of thiophene rings is 1. The Morgan fingerprint density at radius 2 is 2.00 bits per heavy atom. The Hall–Kier alpha value is -3.26. The maximum atomic E-state index is 13.0. The molecular formula is C21H17FN4O2S. The average Bonchev–Trinajstić information content (AvgIpc) is 3.42. The van der Waals surface area contributed by atoms with E-state index in [1.165, 1.54) is 22.6 Å². The minimum absolute atomic E-state index is 0.231. The van der Waals surface area contributed by atoms with E-state index in [9.17, 15) is 4.39 Å². The molecule has 146 valence electrons. The lowest BCUT2D eigenvalue weighted by molar-refractivity contribution is 0.271. The molecule has 0 aliphatic rings. The standard InChI is InChI=1S/C21H17FN4O2S/c1-3-16-12(2)29-21-18(16)20-24-19(25-26(20)11-23-21)17-9-8-15(28-17)10-27-14-6-4-13(22)5-7-14/h4-9,11H,3,10H2,1-2H3. The molecule has 0 spiro atoms. The van der Waals surface area contributed by atoms with Gasteiger partial charge in [-0.2, -0.15) is 0 Å². The average molecular weight is 408 g/mol. The van der Waals surface area contributed by atoms with Crippen LogP contribution in [-0.4, -0.2) is 19.6 Å². The lowest BCUT2D eigenvalue weighted by Crippen LogP contribution is -1.93. The van der Waals surface area contributed by atoms with Crippen LogP contribution in [0.25, 0.3) is 27.4 Å². The highest BCUT2D eigenvalue weighted by molar-refractivity contribution is 7.18. The van der Waals surface area contributed by atoms with Crippen LogP contribution in [0.3, 0.4) is 0 Å². The van der Waals surface area contributed by atoms with Crippen LogP contribution in [0.4, 0.5) is 4.39 Å². The fourth-order valence-corrected chi connectivity index (χ4v) is 4.43. The van der Waals surface area contributed by atoms with Gasteiger partial charge in [0.1, 0.15) is 35.1 Å². The molecule has 0 aliphatic carbocycles. The normalized spacial score (nSPS) is 11.6. The molecule has 0 bridgehead atoms. The quantitative estimate of drug-likeness (QED) is 0.400. The summed E-state index contributed by atoms with van der Waals surface area (Å²) >= 11 is 1.68. The van der Waals surface area contributed by atoms with Crippen molar-refractivity contribution >= 4 is 27.2 Å². The summed E-state index contributed by atoms with van der Waals surface area (Å²) in [5, 5.41) is 5.59. The highest BCUT2D eigenvalue weighted by atomic mass is 32.1. The van der Waals surface area contributed by atoms with Crippen LogP contribution < -0.4 is 4.74 Å². The second-order valence-electron chi connectivity index (χ2n) is 6.63. The van der Waals surface area contributed by atoms with Crippen LogP contribution in [0, 0.1) is 12.7 Å². The van der Waals surface area contributed by atoms with Gasteiger partial charge >= 0.3 is 0 Å². The van der Waals surface area contributed by atoms with E-state index in [2.05, 4.69) is 23.9 Å². The first-order valence-electron chi connectivity index (χ1n) is 9.23. The summed E-state index contributed by atoms with van der Waals surface area (Å²) in [6.45, 7) is 4.47. The first-order valence-corrected chi connectivity index (χ1v) is 10.0. The second kappa shape index (κ2) is 6.97. The highest BCUT2D eigenvalue weighted by Crippen LogP contribution is 2.33. The number of benzene rings is 1. The Labute approximate surface area is 169 Å². The Balaban J connectivity index is 1.45. The van der Waals surface area contributed by atoms with Crippen molar-refractivity contribution in [3.05, 3.63) is 64.7 Å². The zero-order chi connectivity index (χ0) is 20.0. The Morgan fingerprint density at radius 3 is 2.79 bits per heavy atom. The predicted molar refractivity (Wildman–Crippen MR) is 109 cm³/mol. The van der Waals surface area contributed by atoms with Crippen molar-refractivity contribution in [2.75, 3.05) is 0 Å². The lowest BCUT2D eigenvalue weighted by atomic mass is 10.1. The molecule has 0 fully saturated rings. The smallest absolute Gasteiger partial charge is 0.217 e. The summed E-state index contributed by atoms with van der Waals surface area (Å²) in [5.41, 5.74) is 2.04. The molecule has 4 aromatic heterocycles. The molecule has 0 radical (unpaired) electrons. The highest BCUT2D eigenvalue weighted by Gasteiger charge is 2.17. The summed E-state index contributed by atoms with van der Waals surface area (Å²) in [5.74, 6) is 1.96. The third-order valence-electron chi connectivity index (χ3n) is 4.76. The number of ether oxygens (including phenoxy) is 1. The van der Waals surface area contributed by atoms with Crippen molar-refractivity contribution in [3.63, 3.8) is 0 Å². The van der Waals surface area contributed by atoms with E-state index in [1.54, 1.807) is 34.3 Å². The minimum Gasteiger partial charge on any atom is -0.486 e. The molecule has 0 amide bonds. The van der Waals surface area contributed by atoms with Gasteiger partial charge in [-0.05, 0) is 55.3 Å². The number of hydrogen-bond donors (Lipinski definition) is 0. The fourth-order valence-electron chi connectivity index (χ4n) is 3.36. The molecule has 4 heterocycles. The summed E-state index contributed by atoms with van der Waals surface area (Å²) in [7, 11) is 0.